The van der Waals surface area contributed by atoms with Gasteiger partial charge in [0.2, 0.25) is 5.88 Å². The lowest BCUT2D eigenvalue weighted by Crippen LogP contribution is -1.92. The number of aromatic nitrogens is 2. The van der Waals surface area contributed by atoms with Crippen molar-refractivity contribution in [3.8, 4) is 17.3 Å². The SMILES string of the molecule is Cc1c(N)cccc1-c1ncc(O)[nH]1. The Labute approximate surface area is 81.4 Å². The van der Waals surface area contributed by atoms with Crippen molar-refractivity contribution < 1.29 is 5.11 Å². The number of aromatic hydroxyl groups is 1. The Balaban J connectivity index is 2.57. The van der Waals surface area contributed by atoms with Crippen LogP contribution in [0.3, 0.4) is 0 Å². The molecule has 2 aromatic rings. The van der Waals surface area contributed by atoms with E-state index in [0.717, 1.165) is 16.8 Å². The second kappa shape index (κ2) is 3.06. The Morgan fingerprint density at radius 3 is 2.86 bits per heavy atom. The van der Waals surface area contributed by atoms with Crippen molar-refractivity contribution in [3.63, 3.8) is 0 Å². The summed E-state index contributed by atoms with van der Waals surface area (Å²) < 4.78 is 0. The third-order valence-corrected chi connectivity index (χ3v) is 2.19. The van der Waals surface area contributed by atoms with Crippen molar-refractivity contribution in [2.75, 3.05) is 5.73 Å². The lowest BCUT2D eigenvalue weighted by Gasteiger charge is -2.04. The van der Waals surface area contributed by atoms with Crippen LogP contribution in [0.25, 0.3) is 11.4 Å². The summed E-state index contributed by atoms with van der Waals surface area (Å²) in [5, 5.41) is 9.13. The number of benzene rings is 1. The molecule has 4 N–H and O–H groups in total. The molecule has 0 aliphatic rings. The van der Waals surface area contributed by atoms with E-state index >= 15 is 0 Å². The van der Waals surface area contributed by atoms with E-state index in [1.807, 2.05) is 25.1 Å². The third-order valence-electron chi connectivity index (χ3n) is 2.19. The maximum Gasteiger partial charge on any atom is 0.208 e. The van der Waals surface area contributed by atoms with E-state index in [0.29, 0.717) is 5.82 Å². The molecule has 72 valence electrons. The number of anilines is 1. The first-order valence-electron chi connectivity index (χ1n) is 4.28. The van der Waals surface area contributed by atoms with E-state index in [-0.39, 0.29) is 5.88 Å². The number of nitrogen functional groups attached to an aromatic ring is 1. The molecule has 4 nitrogen and oxygen atoms in total. The van der Waals surface area contributed by atoms with Gasteiger partial charge in [-0.05, 0) is 18.6 Å². The van der Waals surface area contributed by atoms with Gasteiger partial charge in [-0.2, -0.15) is 0 Å². The van der Waals surface area contributed by atoms with Crippen LogP contribution in [-0.2, 0) is 0 Å². The predicted molar refractivity (Wildman–Crippen MR) is 54.8 cm³/mol. The minimum absolute atomic E-state index is 0.0572. The first-order chi connectivity index (χ1) is 6.68. The van der Waals surface area contributed by atoms with Crippen molar-refractivity contribution in [2.45, 2.75) is 6.92 Å². The molecule has 1 aromatic heterocycles. The zero-order valence-electron chi connectivity index (χ0n) is 7.78. The fraction of sp³-hybridized carbons (Fsp3) is 0.100. The van der Waals surface area contributed by atoms with Crippen LogP contribution in [0.15, 0.2) is 24.4 Å². The lowest BCUT2D eigenvalue weighted by atomic mass is 10.1. The standard InChI is InChI=1S/C10H11N3O/c1-6-7(3-2-4-8(6)11)10-12-5-9(14)13-10/h2-5,14H,11H2,1H3,(H,12,13). The number of hydrogen-bond acceptors (Lipinski definition) is 3. The number of nitrogens with zero attached hydrogens (tertiary/aromatic N) is 1. The van der Waals surface area contributed by atoms with E-state index in [1.165, 1.54) is 6.20 Å². The Bertz CT molecular complexity index is 462. The number of nitrogens with one attached hydrogen (secondary N) is 1. The molecule has 0 radical (unpaired) electrons. The molecular weight excluding hydrogens is 178 g/mol. The fourth-order valence-corrected chi connectivity index (χ4v) is 1.36. The molecule has 0 aliphatic heterocycles. The minimum Gasteiger partial charge on any atom is -0.493 e. The van der Waals surface area contributed by atoms with Gasteiger partial charge in [0.05, 0.1) is 6.20 Å². The number of aromatic amines is 1. The molecule has 2 rings (SSSR count). The molecule has 0 saturated carbocycles. The van der Waals surface area contributed by atoms with E-state index < -0.39 is 0 Å². The molecule has 0 spiro atoms. The summed E-state index contributed by atoms with van der Waals surface area (Å²) in [6.45, 7) is 1.92. The van der Waals surface area contributed by atoms with Crippen molar-refractivity contribution >= 4 is 5.69 Å². The van der Waals surface area contributed by atoms with Gasteiger partial charge in [-0.1, -0.05) is 12.1 Å². The van der Waals surface area contributed by atoms with Gasteiger partial charge in [-0.25, -0.2) is 4.98 Å². The molecule has 14 heavy (non-hydrogen) atoms. The van der Waals surface area contributed by atoms with Gasteiger partial charge in [0.15, 0.2) is 0 Å². The smallest absolute Gasteiger partial charge is 0.208 e. The number of imidazole rings is 1. The van der Waals surface area contributed by atoms with Crippen molar-refractivity contribution in [1.29, 1.82) is 0 Å². The number of nitrogens with two attached hydrogens (primary N) is 1. The van der Waals surface area contributed by atoms with Crippen LogP contribution in [0.1, 0.15) is 5.56 Å². The Morgan fingerprint density at radius 2 is 2.21 bits per heavy atom. The Kier molecular flexibility index (Phi) is 1.89. The molecular formula is C10H11N3O. The lowest BCUT2D eigenvalue weighted by molar-refractivity contribution is 0.457. The summed E-state index contributed by atoms with van der Waals surface area (Å²) in [5.41, 5.74) is 8.35. The first-order valence-corrected chi connectivity index (χ1v) is 4.28. The first kappa shape index (κ1) is 8.62. The highest BCUT2D eigenvalue weighted by Crippen LogP contribution is 2.25. The maximum atomic E-state index is 9.13. The molecule has 0 saturated heterocycles. The average Bonchev–Trinajstić information content (AvgIpc) is 2.57. The topological polar surface area (TPSA) is 74.9 Å². The highest BCUT2D eigenvalue weighted by Gasteiger charge is 2.06. The van der Waals surface area contributed by atoms with E-state index in [2.05, 4.69) is 9.97 Å². The van der Waals surface area contributed by atoms with Gasteiger partial charge in [0, 0.05) is 11.3 Å². The van der Waals surface area contributed by atoms with Crippen LogP contribution >= 0.6 is 0 Å². The average molecular weight is 189 g/mol. The van der Waals surface area contributed by atoms with Crippen LogP contribution in [-0.4, -0.2) is 15.1 Å². The number of H-pyrrole nitrogens is 1. The van der Waals surface area contributed by atoms with Gasteiger partial charge >= 0.3 is 0 Å². The summed E-state index contributed by atoms with van der Waals surface area (Å²) in [7, 11) is 0. The second-order valence-electron chi connectivity index (χ2n) is 3.14. The number of rotatable bonds is 1. The van der Waals surface area contributed by atoms with Gasteiger partial charge in [0.1, 0.15) is 5.82 Å². The second-order valence-corrected chi connectivity index (χ2v) is 3.14. The zero-order chi connectivity index (χ0) is 10.1. The molecule has 1 aromatic carbocycles. The molecule has 0 aliphatic carbocycles. The van der Waals surface area contributed by atoms with Crippen molar-refractivity contribution in [1.82, 2.24) is 9.97 Å². The quantitative estimate of drug-likeness (QED) is 0.597. The molecule has 0 unspecified atom stereocenters. The Hall–Kier alpha value is -1.97. The summed E-state index contributed by atoms with van der Waals surface area (Å²) in [6.07, 6.45) is 1.37. The minimum atomic E-state index is 0.0572. The normalized spacial score (nSPS) is 10.4. The third kappa shape index (κ3) is 1.31. The van der Waals surface area contributed by atoms with Crippen LogP contribution < -0.4 is 5.73 Å². The predicted octanol–water partition coefficient (Wildman–Crippen LogP) is 1.67. The molecule has 0 amide bonds. The molecule has 1 heterocycles. The Morgan fingerprint density at radius 1 is 1.43 bits per heavy atom. The monoisotopic (exact) mass is 189 g/mol. The zero-order valence-corrected chi connectivity index (χ0v) is 7.78. The van der Waals surface area contributed by atoms with E-state index in [9.17, 15) is 0 Å². The van der Waals surface area contributed by atoms with Crippen molar-refractivity contribution in [3.05, 3.63) is 30.0 Å². The molecule has 0 atom stereocenters. The summed E-state index contributed by atoms with van der Waals surface area (Å²) >= 11 is 0. The summed E-state index contributed by atoms with van der Waals surface area (Å²) in [5.74, 6) is 0.689. The van der Waals surface area contributed by atoms with Gasteiger partial charge in [-0.3, -0.25) is 0 Å². The van der Waals surface area contributed by atoms with Crippen molar-refractivity contribution in [2.24, 2.45) is 0 Å². The highest BCUT2D eigenvalue weighted by atomic mass is 16.3. The molecule has 0 fully saturated rings. The van der Waals surface area contributed by atoms with Gasteiger partial charge in [-0.15, -0.1) is 0 Å². The fourth-order valence-electron chi connectivity index (χ4n) is 1.36. The van der Waals surface area contributed by atoms with Gasteiger partial charge in [0.25, 0.3) is 0 Å². The molecule has 4 heteroatoms. The summed E-state index contributed by atoms with van der Waals surface area (Å²) in [4.78, 5) is 6.78. The van der Waals surface area contributed by atoms with Crippen LogP contribution in [0, 0.1) is 6.92 Å². The largest absolute Gasteiger partial charge is 0.493 e. The molecule has 0 bridgehead atoms. The van der Waals surface area contributed by atoms with E-state index in [4.69, 9.17) is 10.8 Å². The summed E-state index contributed by atoms with van der Waals surface area (Å²) in [6, 6.07) is 5.60. The van der Waals surface area contributed by atoms with E-state index in [1.54, 1.807) is 0 Å². The van der Waals surface area contributed by atoms with Crippen LogP contribution in [0.5, 0.6) is 5.88 Å². The maximum absolute atomic E-state index is 9.13. The number of hydrogen-bond donors (Lipinski definition) is 3. The van der Waals surface area contributed by atoms with Crippen LogP contribution in [0.4, 0.5) is 5.69 Å². The van der Waals surface area contributed by atoms with Gasteiger partial charge < -0.3 is 15.8 Å². The van der Waals surface area contributed by atoms with Crippen LogP contribution in [0.2, 0.25) is 0 Å². The highest BCUT2D eigenvalue weighted by molar-refractivity contribution is 5.68.